The van der Waals surface area contributed by atoms with E-state index in [0.717, 1.165) is 6.42 Å². The molecule has 2 aliphatic heterocycles. The minimum Gasteiger partial charge on any atom is -0.339 e. The third-order valence-corrected chi connectivity index (χ3v) is 5.17. The van der Waals surface area contributed by atoms with Gasteiger partial charge in [0.2, 0.25) is 5.91 Å². The average molecular weight is 370 g/mol. The third-order valence-electron chi connectivity index (χ3n) is 5.17. The summed E-state index contributed by atoms with van der Waals surface area (Å²) in [5.41, 5.74) is 2.39. The normalized spacial score (nSPS) is 20.2. The lowest BCUT2D eigenvalue weighted by Gasteiger charge is -2.37. The van der Waals surface area contributed by atoms with Crippen LogP contribution in [0.15, 0.2) is 41.6 Å². The van der Waals surface area contributed by atoms with Crippen molar-refractivity contribution in [2.45, 2.75) is 32.7 Å². The Hall–Kier alpha value is -2.83. The number of benzene rings is 1. The van der Waals surface area contributed by atoms with Gasteiger partial charge in [-0.05, 0) is 25.3 Å². The summed E-state index contributed by atoms with van der Waals surface area (Å²) in [6, 6.07) is 9.43. The summed E-state index contributed by atoms with van der Waals surface area (Å²) in [5.74, 6) is -0.0360. The number of urea groups is 1. The number of aryl methyl sites for hydroxylation is 1. The second-order valence-corrected chi connectivity index (χ2v) is 7.01. The standard InChI is InChI=1S/C20H26N4O3/c1-14-18(19(26)24-12-10-23(11-13-24)15(2)25)17(22-20(27)21-14)9-8-16-6-4-3-5-7-16/h3-7,17H,8-13H2,1-2H3,(H2,21,22,27). The van der Waals surface area contributed by atoms with Gasteiger partial charge in [-0.3, -0.25) is 9.59 Å². The van der Waals surface area contributed by atoms with Crippen LogP contribution in [-0.2, 0) is 16.0 Å². The molecule has 0 aromatic heterocycles. The molecule has 1 saturated heterocycles. The van der Waals surface area contributed by atoms with Gasteiger partial charge in [0.15, 0.2) is 0 Å². The van der Waals surface area contributed by atoms with E-state index in [9.17, 15) is 14.4 Å². The average Bonchev–Trinajstić information content (AvgIpc) is 2.66. The van der Waals surface area contributed by atoms with Crippen molar-refractivity contribution < 1.29 is 14.4 Å². The monoisotopic (exact) mass is 370 g/mol. The van der Waals surface area contributed by atoms with Crippen LogP contribution in [0.4, 0.5) is 4.79 Å². The van der Waals surface area contributed by atoms with E-state index in [0.29, 0.717) is 43.9 Å². The van der Waals surface area contributed by atoms with Crippen LogP contribution in [0, 0.1) is 0 Å². The Balaban J connectivity index is 1.71. The number of hydrogen-bond acceptors (Lipinski definition) is 3. The van der Waals surface area contributed by atoms with Crippen LogP contribution in [-0.4, -0.2) is 59.9 Å². The molecule has 3 rings (SSSR count). The van der Waals surface area contributed by atoms with E-state index in [1.54, 1.807) is 23.6 Å². The van der Waals surface area contributed by atoms with Gasteiger partial charge in [-0.15, -0.1) is 0 Å². The topological polar surface area (TPSA) is 81.8 Å². The van der Waals surface area contributed by atoms with Crippen LogP contribution in [0.5, 0.6) is 0 Å². The molecule has 1 aromatic carbocycles. The van der Waals surface area contributed by atoms with Crippen molar-refractivity contribution in [3.8, 4) is 0 Å². The van der Waals surface area contributed by atoms with Gasteiger partial charge in [0.25, 0.3) is 5.91 Å². The molecule has 4 amide bonds. The zero-order valence-corrected chi connectivity index (χ0v) is 15.8. The van der Waals surface area contributed by atoms with Crippen LogP contribution in [0.3, 0.4) is 0 Å². The zero-order valence-electron chi connectivity index (χ0n) is 15.8. The first-order valence-corrected chi connectivity index (χ1v) is 9.32. The summed E-state index contributed by atoms with van der Waals surface area (Å²) in [7, 11) is 0. The Bertz CT molecular complexity index is 752. The number of rotatable bonds is 4. The first-order valence-electron chi connectivity index (χ1n) is 9.32. The smallest absolute Gasteiger partial charge is 0.319 e. The maximum absolute atomic E-state index is 13.1. The van der Waals surface area contributed by atoms with Gasteiger partial charge in [-0.25, -0.2) is 4.79 Å². The molecule has 0 radical (unpaired) electrons. The van der Waals surface area contributed by atoms with Gasteiger partial charge >= 0.3 is 6.03 Å². The lowest BCUT2D eigenvalue weighted by Crippen LogP contribution is -2.55. The minimum absolute atomic E-state index is 0.0322. The largest absolute Gasteiger partial charge is 0.339 e. The van der Waals surface area contributed by atoms with Crippen LogP contribution >= 0.6 is 0 Å². The first-order chi connectivity index (χ1) is 13.0. The van der Waals surface area contributed by atoms with Crippen molar-refractivity contribution in [2.24, 2.45) is 0 Å². The maximum Gasteiger partial charge on any atom is 0.319 e. The molecule has 144 valence electrons. The van der Waals surface area contributed by atoms with E-state index in [2.05, 4.69) is 10.6 Å². The quantitative estimate of drug-likeness (QED) is 0.837. The maximum atomic E-state index is 13.1. The number of carbonyl (C=O) groups excluding carboxylic acids is 3. The Morgan fingerprint density at radius 3 is 2.33 bits per heavy atom. The summed E-state index contributed by atoms with van der Waals surface area (Å²) >= 11 is 0. The van der Waals surface area contributed by atoms with Gasteiger partial charge in [0.1, 0.15) is 0 Å². The Labute approximate surface area is 159 Å². The fourth-order valence-corrected chi connectivity index (χ4v) is 3.64. The van der Waals surface area contributed by atoms with E-state index in [4.69, 9.17) is 0 Å². The molecule has 0 saturated carbocycles. The lowest BCUT2D eigenvalue weighted by atomic mass is 9.95. The highest BCUT2D eigenvalue weighted by atomic mass is 16.2. The molecule has 1 aromatic rings. The lowest BCUT2D eigenvalue weighted by molar-refractivity contribution is -0.136. The highest BCUT2D eigenvalue weighted by Crippen LogP contribution is 2.20. The van der Waals surface area contributed by atoms with E-state index in [1.807, 2.05) is 30.3 Å². The van der Waals surface area contributed by atoms with Crippen molar-refractivity contribution in [1.82, 2.24) is 20.4 Å². The third kappa shape index (κ3) is 4.48. The summed E-state index contributed by atoms with van der Waals surface area (Å²) in [4.78, 5) is 40.1. The fourth-order valence-electron chi connectivity index (χ4n) is 3.64. The molecule has 1 fully saturated rings. The predicted molar refractivity (Wildman–Crippen MR) is 102 cm³/mol. The van der Waals surface area contributed by atoms with Crippen molar-refractivity contribution in [3.05, 3.63) is 47.2 Å². The number of carbonyl (C=O) groups is 3. The number of allylic oxidation sites excluding steroid dienone is 1. The number of hydrogen-bond donors (Lipinski definition) is 2. The van der Waals surface area contributed by atoms with E-state index in [1.165, 1.54) is 5.56 Å². The zero-order chi connectivity index (χ0) is 19.4. The van der Waals surface area contributed by atoms with Crippen LogP contribution < -0.4 is 10.6 Å². The minimum atomic E-state index is -0.322. The van der Waals surface area contributed by atoms with Crippen LogP contribution in [0.25, 0.3) is 0 Å². The van der Waals surface area contributed by atoms with E-state index in [-0.39, 0.29) is 23.9 Å². The molecular weight excluding hydrogens is 344 g/mol. The SMILES string of the molecule is CC(=O)N1CCN(C(=O)C2=C(C)NC(=O)NC2CCc2ccccc2)CC1. The number of amides is 4. The molecule has 1 unspecified atom stereocenters. The first kappa shape index (κ1) is 18.9. The Morgan fingerprint density at radius 1 is 1.07 bits per heavy atom. The molecule has 0 spiro atoms. The number of nitrogens with one attached hydrogen (secondary N) is 2. The van der Waals surface area contributed by atoms with E-state index < -0.39 is 0 Å². The second kappa shape index (κ2) is 8.24. The van der Waals surface area contributed by atoms with Gasteiger partial charge in [-0.1, -0.05) is 30.3 Å². The van der Waals surface area contributed by atoms with Gasteiger partial charge < -0.3 is 20.4 Å². The fraction of sp³-hybridized carbons (Fsp3) is 0.450. The molecule has 2 N–H and O–H groups in total. The Morgan fingerprint density at radius 2 is 1.70 bits per heavy atom. The molecule has 27 heavy (non-hydrogen) atoms. The number of piperazine rings is 1. The summed E-state index contributed by atoms with van der Waals surface area (Å²) in [6.45, 7) is 5.42. The molecule has 2 aliphatic rings. The van der Waals surface area contributed by atoms with Gasteiger partial charge in [0, 0.05) is 38.8 Å². The predicted octanol–water partition coefficient (Wildman–Crippen LogP) is 1.27. The van der Waals surface area contributed by atoms with Crippen molar-refractivity contribution in [3.63, 3.8) is 0 Å². The Kier molecular flexibility index (Phi) is 5.78. The molecule has 2 heterocycles. The molecule has 0 bridgehead atoms. The van der Waals surface area contributed by atoms with Crippen molar-refractivity contribution >= 4 is 17.8 Å². The number of nitrogens with zero attached hydrogens (tertiary/aromatic N) is 2. The summed E-state index contributed by atoms with van der Waals surface area (Å²) in [5, 5.41) is 5.62. The molecule has 7 nitrogen and oxygen atoms in total. The molecule has 1 atom stereocenters. The highest BCUT2D eigenvalue weighted by Gasteiger charge is 2.33. The van der Waals surface area contributed by atoms with Crippen LogP contribution in [0.1, 0.15) is 25.8 Å². The molecular formula is C20H26N4O3. The van der Waals surface area contributed by atoms with Gasteiger partial charge in [-0.2, -0.15) is 0 Å². The molecule has 0 aliphatic carbocycles. The van der Waals surface area contributed by atoms with Crippen molar-refractivity contribution in [1.29, 1.82) is 0 Å². The van der Waals surface area contributed by atoms with E-state index >= 15 is 0 Å². The highest BCUT2D eigenvalue weighted by molar-refractivity contribution is 5.98. The van der Waals surface area contributed by atoms with Gasteiger partial charge in [0.05, 0.1) is 11.6 Å². The summed E-state index contributed by atoms with van der Waals surface area (Å²) in [6.07, 6.45) is 1.43. The second-order valence-electron chi connectivity index (χ2n) is 7.01. The molecule has 7 heteroatoms. The van der Waals surface area contributed by atoms with Crippen LogP contribution in [0.2, 0.25) is 0 Å². The van der Waals surface area contributed by atoms with Crippen molar-refractivity contribution in [2.75, 3.05) is 26.2 Å². The summed E-state index contributed by atoms with van der Waals surface area (Å²) < 4.78 is 0.